The number of likely N-dealkylation sites (N-methyl/N-ethyl adjacent to an activating group) is 1. The van der Waals surface area contributed by atoms with Gasteiger partial charge in [-0.1, -0.05) is 31.2 Å². The zero-order valence-electron chi connectivity index (χ0n) is 13.2. The van der Waals surface area contributed by atoms with E-state index in [9.17, 15) is 0 Å². The molecule has 4 nitrogen and oxygen atoms in total. The minimum absolute atomic E-state index is 0.701. The molecule has 4 heteroatoms. The van der Waals surface area contributed by atoms with Crippen LogP contribution in [0.4, 0.5) is 5.82 Å². The first-order valence-corrected chi connectivity index (χ1v) is 7.55. The molecule has 0 atom stereocenters. The molecule has 1 aromatic carbocycles. The molecule has 0 aliphatic carbocycles. The van der Waals surface area contributed by atoms with Crippen LogP contribution in [0.3, 0.4) is 0 Å². The number of pyridine rings is 1. The van der Waals surface area contributed by atoms with Gasteiger partial charge in [0.15, 0.2) is 0 Å². The van der Waals surface area contributed by atoms with Crippen LogP contribution in [0.2, 0.25) is 0 Å². The molecule has 0 saturated carbocycles. The fraction of sp³-hybridized carbons (Fsp3) is 0.471. The van der Waals surface area contributed by atoms with E-state index in [-0.39, 0.29) is 0 Å². The lowest BCUT2D eigenvalue weighted by molar-refractivity contribution is 0.206. The molecule has 2 rings (SSSR count). The van der Waals surface area contributed by atoms with E-state index in [4.69, 9.17) is 4.74 Å². The molecule has 0 bridgehead atoms. The van der Waals surface area contributed by atoms with Crippen molar-refractivity contribution < 1.29 is 4.74 Å². The summed E-state index contributed by atoms with van der Waals surface area (Å²) in [7, 11) is 3.78. The molecule has 0 radical (unpaired) electrons. The highest BCUT2D eigenvalue weighted by Gasteiger charge is 2.10. The summed E-state index contributed by atoms with van der Waals surface area (Å²) in [5, 5.41) is 5.93. The monoisotopic (exact) mass is 287 g/mol. The van der Waals surface area contributed by atoms with Crippen LogP contribution in [-0.4, -0.2) is 38.8 Å². The topological polar surface area (TPSA) is 37.4 Å². The van der Waals surface area contributed by atoms with Crippen molar-refractivity contribution in [3.63, 3.8) is 0 Å². The second-order valence-corrected chi connectivity index (χ2v) is 5.24. The smallest absolute Gasteiger partial charge is 0.136 e. The minimum atomic E-state index is 0.701. The van der Waals surface area contributed by atoms with E-state index < -0.39 is 0 Å². The molecule has 0 aliphatic heterocycles. The number of ether oxygens (including phenoxy) is 1. The van der Waals surface area contributed by atoms with Gasteiger partial charge in [0.1, 0.15) is 5.82 Å². The maximum absolute atomic E-state index is 5.16. The number of hydrogen-bond donors (Lipinski definition) is 1. The molecule has 0 unspecified atom stereocenters. The lowest BCUT2D eigenvalue weighted by atomic mass is 10.1. The van der Waals surface area contributed by atoms with Gasteiger partial charge in [0, 0.05) is 38.8 Å². The number of benzene rings is 1. The van der Waals surface area contributed by atoms with Gasteiger partial charge in [-0.3, -0.25) is 0 Å². The molecule has 1 aromatic heterocycles. The van der Waals surface area contributed by atoms with E-state index in [0.29, 0.717) is 6.61 Å². The fourth-order valence-corrected chi connectivity index (χ4v) is 2.42. The Morgan fingerprint density at radius 2 is 2.00 bits per heavy atom. The van der Waals surface area contributed by atoms with Crippen LogP contribution in [0.1, 0.15) is 18.9 Å². The molecule has 0 aliphatic rings. The van der Waals surface area contributed by atoms with Gasteiger partial charge in [0.05, 0.1) is 6.61 Å². The van der Waals surface area contributed by atoms with E-state index in [1.54, 1.807) is 7.11 Å². The lowest BCUT2D eigenvalue weighted by Crippen LogP contribution is -2.23. The Balaban J connectivity index is 2.30. The Bertz CT molecular complexity index is 571. The van der Waals surface area contributed by atoms with Crippen molar-refractivity contribution in [2.24, 2.45) is 0 Å². The van der Waals surface area contributed by atoms with Crippen molar-refractivity contribution in [2.75, 3.05) is 38.8 Å². The third-order valence-corrected chi connectivity index (χ3v) is 3.59. The Labute approximate surface area is 127 Å². The highest BCUT2D eigenvalue weighted by Crippen LogP contribution is 2.26. The van der Waals surface area contributed by atoms with Crippen LogP contribution in [0.15, 0.2) is 30.5 Å². The average molecular weight is 287 g/mol. The number of nitrogens with zero attached hydrogens (tertiary/aromatic N) is 2. The molecule has 2 aromatic rings. The van der Waals surface area contributed by atoms with Crippen molar-refractivity contribution in [3.05, 3.63) is 36.0 Å². The minimum Gasteiger partial charge on any atom is -0.383 e. The summed E-state index contributed by atoms with van der Waals surface area (Å²) in [6, 6.07) is 8.48. The third kappa shape index (κ3) is 3.93. The first kappa shape index (κ1) is 15.7. The lowest BCUT2D eigenvalue weighted by Gasteiger charge is -2.20. The van der Waals surface area contributed by atoms with Gasteiger partial charge in [0.2, 0.25) is 0 Å². The SMILES string of the molecule is CCCNCc1cnc(N(C)CCOC)c2ccccc12. The largest absolute Gasteiger partial charge is 0.383 e. The maximum Gasteiger partial charge on any atom is 0.136 e. The Hall–Kier alpha value is -1.65. The predicted octanol–water partition coefficient (Wildman–Crippen LogP) is 2.82. The van der Waals surface area contributed by atoms with Gasteiger partial charge in [-0.05, 0) is 23.9 Å². The van der Waals surface area contributed by atoms with Crippen LogP contribution in [0, 0.1) is 0 Å². The summed E-state index contributed by atoms with van der Waals surface area (Å²) in [4.78, 5) is 6.82. The average Bonchev–Trinajstić information content (AvgIpc) is 2.53. The standard InChI is InChI=1S/C17H25N3O/c1-4-9-18-12-14-13-19-17(20(2)10-11-21-3)16-8-6-5-7-15(14)16/h5-8,13,18H,4,9-12H2,1-3H3. The Kier molecular flexibility index (Phi) is 5.96. The van der Waals surface area contributed by atoms with Crippen molar-refractivity contribution in [3.8, 4) is 0 Å². The molecule has 0 saturated heterocycles. The summed E-state index contributed by atoms with van der Waals surface area (Å²) in [5.74, 6) is 1.02. The van der Waals surface area contributed by atoms with Gasteiger partial charge >= 0.3 is 0 Å². The van der Waals surface area contributed by atoms with Crippen molar-refractivity contribution >= 4 is 16.6 Å². The quantitative estimate of drug-likeness (QED) is 0.758. The van der Waals surface area contributed by atoms with Gasteiger partial charge in [0.25, 0.3) is 0 Å². The van der Waals surface area contributed by atoms with Crippen LogP contribution >= 0.6 is 0 Å². The highest BCUT2D eigenvalue weighted by molar-refractivity contribution is 5.94. The van der Waals surface area contributed by atoms with Crippen LogP contribution in [-0.2, 0) is 11.3 Å². The fourth-order valence-electron chi connectivity index (χ4n) is 2.42. The first-order valence-electron chi connectivity index (χ1n) is 7.55. The van der Waals surface area contributed by atoms with E-state index in [1.165, 1.54) is 16.3 Å². The number of rotatable bonds is 8. The first-order chi connectivity index (χ1) is 10.3. The number of methoxy groups -OCH3 is 1. The van der Waals surface area contributed by atoms with Crippen molar-refractivity contribution in [1.82, 2.24) is 10.3 Å². The second kappa shape index (κ2) is 7.96. The molecule has 0 amide bonds. The van der Waals surface area contributed by atoms with Crippen LogP contribution < -0.4 is 10.2 Å². The normalized spacial score (nSPS) is 11.0. The summed E-state index contributed by atoms with van der Waals surface area (Å²) in [6.45, 7) is 5.61. The number of aromatic nitrogens is 1. The Morgan fingerprint density at radius 3 is 2.71 bits per heavy atom. The summed E-state index contributed by atoms with van der Waals surface area (Å²) >= 11 is 0. The zero-order chi connectivity index (χ0) is 15.1. The van der Waals surface area contributed by atoms with E-state index in [2.05, 4.69) is 53.4 Å². The van der Waals surface area contributed by atoms with Gasteiger partial charge in [-0.15, -0.1) is 0 Å². The summed E-state index contributed by atoms with van der Waals surface area (Å²) < 4.78 is 5.16. The van der Waals surface area contributed by atoms with E-state index in [1.807, 2.05) is 6.20 Å². The predicted molar refractivity (Wildman–Crippen MR) is 88.9 cm³/mol. The maximum atomic E-state index is 5.16. The number of hydrogen-bond acceptors (Lipinski definition) is 4. The summed E-state index contributed by atoms with van der Waals surface area (Å²) in [5.41, 5.74) is 1.25. The summed E-state index contributed by atoms with van der Waals surface area (Å²) in [6.07, 6.45) is 3.13. The van der Waals surface area contributed by atoms with Gasteiger partial charge in [-0.25, -0.2) is 4.98 Å². The highest BCUT2D eigenvalue weighted by atomic mass is 16.5. The third-order valence-electron chi connectivity index (χ3n) is 3.59. The molecular formula is C17H25N3O. The molecule has 114 valence electrons. The van der Waals surface area contributed by atoms with Crippen molar-refractivity contribution in [1.29, 1.82) is 0 Å². The van der Waals surface area contributed by atoms with Gasteiger partial charge < -0.3 is 15.0 Å². The molecule has 1 heterocycles. The number of fused-ring (bicyclic) bond motifs is 1. The molecule has 0 spiro atoms. The van der Waals surface area contributed by atoms with Crippen LogP contribution in [0.5, 0.6) is 0 Å². The van der Waals surface area contributed by atoms with Gasteiger partial charge in [-0.2, -0.15) is 0 Å². The Morgan fingerprint density at radius 1 is 1.24 bits per heavy atom. The molecule has 0 fully saturated rings. The van der Waals surface area contributed by atoms with Crippen LogP contribution in [0.25, 0.3) is 10.8 Å². The number of nitrogens with one attached hydrogen (secondary N) is 1. The molecular weight excluding hydrogens is 262 g/mol. The number of anilines is 1. The molecule has 1 N–H and O–H groups in total. The van der Waals surface area contributed by atoms with E-state index in [0.717, 1.165) is 31.9 Å². The van der Waals surface area contributed by atoms with Crippen molar-refractivity contribution in [2.45, 2.75) is 19.9 Å². The zero-order valence-corrected chi connectivity index (χ0v) is 13.2. The molecule has 21 heavy (non-hydrogen) atoms. The van der Waals surface area contributed by atoms with E-state index >= 15 is 0 Å². The second-order valence-electron chi connectivity index (χ2n) is 5.24.